The molecule has 4 aromatic rings. The van der Waals surface area contributed by atoms with E-state index in [9.17, 15) is 4.79 Å². The van der Waals surface area contributed by atoms with Crippen molar-refractivity contribution in [2.45, 2.75) is 40.8 Å². The lowest BCUT2D eigenvalue weighted by atomic mass is 9.73. The van der Waals surface area contributed by atoms with Crippen LogP contribution >= 0.6 is 23.1 Å². The largest absolute Gasteiger partial charge is 0.447 e. The van der Waals surface area contributed by atoms with Gasteiger partial charge in [0.05, 0.1) is 27.6 Å². The fourth-order valence-electron chi connectivity index (χ4n) is 4.97. The van der Waals surface area contributed by atoms with Gasteiger partial charge in [-0.15, -0.1) is 0 Å². The van der Waals surface area contributed by atoms with Gasteiger partial charge < -0.3 is 25.0 Å². The summed E-state index contributed by atoms with van der Waals surface area (Å²) < 4.78 is 26.7. The van der Waals surface area contributed by atoms with E-state index in [0.717, 1.165) is 28.2 Å². The number of nitrogens with one attached hydrogen (secondary N) is 2. The van der Waals surface area contributed by atoms with Crippen LogP contribution in [0.1, 0.15) is 29.7 Å². The quantitative estimate of drug-likeness (QED) is 0.194. The molecule has 0 unspecified atom stereocenters. The van der Waals surface area contributed by atoms with Crippen LogP contribution in [0.2, 0.25) is 0 Å². The zero-order valence-corrected chi connectivity index (χ0v) is 25.7. The van der Waals surface area contributed by atoms with Crippen LogP contribution in [0, 0.1) is 12.7 Å². The molecule has 5 heterocycles. The second-order valence-corrected chi connectivity index (χ2v) is 12.6. The molecular formula is C30H34FN7O3S2. The Bertz CT molecular complexity index is 1500. The van der Waals surface area contributed by atoms with E-state index in [4.69, 9.17) is 9.47 Å². The van der Waals surface area contributed by atoms with Gasteiger partial charge in [-0.1, -0.05) is 23.1 Å². The van der Waals surface area contributed by atoms with E-state index in [1.54, 1.807) is 49.1 Å². The monoisotopic (exact) mass is 623 g/mol. The Kier molecular flexibility index (Phi) is 10.5. The molecule has 1 fully saturated rings. The van der Waals surface area contributed by atoms with Crippen LogP contribution in [-0.4, -0.2) is 70.9 Å². The lowest BCUT2D eigenvalue weighted by Crippen LogP contribution is -2.49. The second-order valence-electron chi connectivity index (χ2n) is 10.2. The highest BCUT2D eigenvalue weighted by Crippen LogP contribution is 2.37. The van der Waals surface area contributed by atoms with Crippen LogP contribution < -0.4 is 10.6 Å². The number of ether oxygens (including phenoxy) is 2. The van der Waals surface area contributed by atoms with Crippen LogP contribution in [0.3, 0.4) is 0 Å². The molecule has 0 aliphatic carbocycles. The zero-order chi connectivity index (χ0) is 30.1. The molecule has 0 saturated carbocycles. The normalized spacial score (nSPS) is 14.4. The molecule has 1 aliphatic heterocycles. The van der Waals surface area contributed by atoms with Crippen LogP contribution in [-0.2, 0) is 21.4 Å². The molecule has 0 aromatic carbocycles. The van der Waals surface area contributed by atoms with Gasteiger partial charge in [-0.05, 0) is 61.2 Å². The Hall–Kier alpha value is -3.65. The molecule has 1 amide bonds. The van der Waals surface area contributed by atoms with Gasteiger partial charge in [0.15, 0.2) is 10.9 Å². The standard InChI is InChI=1S/C30H34FN7O3S2/c1-21-3-11-35-25(17-21)37-28-36-19-26(43-28)42-24-6-12-34-23(27(24)31)18-33-20-30(22-4-9-32-10-5-22)7-13-38(14-8-30)29(39)41-16-15-40-2/h3-6,9-12,17,19,33H,7-8,13-16,18,20H2,1-2H3,(H,35,36,37). The molecule has 1 aliphatic rings. The minimum atomic E-state index is -0.352. The van der Waals surface area contributed by atoms with E-state index in [0.29, 0.717) is 47.8 Å². The van der Waals surface area contributed by atoms with Crippen LogP contribution in [0.25, 0.3) is 0 Å². The van der Waals surface area contributed by atoms with Crippen molar-refractivity contribution in [1.29, 1.82) is 0 Å². The van der Waals surface area contributed by atoms with Gasteiger partial charge in [-0.3, -0.25) is 9.97 Å². The number of piperidine rings is 1. The van der Waals surface area contributed by atoms with E-state index in [1.165, 1.54) is 23.1 Å². The first-order valence-electron chi connectivity index (χ1n) is 13.9. The van der Waals surface area contributed by atoms with Gasteiger partial charge >= 0.3 is 6.09 Å². The average molecular weight is 624 g/mol. The number of carbonyl (C=O) groups excluding carboxylic acids is 1. The van der Waals surface area contributed by atoms with E-state index in [-0.39, 0.29) is 30.5 Å². The smallest absolute Gasteiger partial charge is 0.409 e. The number of aryl methyl sites for hydroxylation is 1. The molecule has 2 N–H and O–H groups in total. The van der Waals surface area contributed by atoms with Gasteiger partial charge in [0.1, 0.15) is 12.4 Å². The van der Waals surface area contributed by atoms with Crippen molar-refractivity contribution in [1.82, 2.24) is 30.2 Å². The number of pyridine rings is 3. The maximum atomic E-state index is 15.6. The predicted octanol–water partition coefficient (Wildman–Crippen LogP) is 5.58. The van der Waals surface area contributed by atoms with Crippen molar-refractivity contribution < 1.29 is 18.7 Å². The summed E-state index contributed by atoms with van der Waals surface area (Å²) in [4.78, 5) is 31.9. The molecule has 226 valence electrons. The highest BCUT2D eigenvalue weighted by Gasteiger charge is 2.37. The number of hydrogen-bond acceptors (Lipinski definition) is 11. The predicted molar refractivity (Wildman–Crippen MR) is 164 cm³/mol. The summed E-state index contributed by atoms with van der Waals surface area (Å²) in [5.41, 5.74) is 2.34. The molecular weight excluding hydrogens is 590 g/mol. The number of thiazole rings is 1. The van der Waals surface area contributed by atoms with Crippen molar-refractivity contribution in [2.75, 3.05) is 45.3 Å². The highest BCUT2D eigenvalue weighted by molar-refractivity contribution is 8.01. The Morgan fingerprint density at radius 3 is 2.65 bits per heavy atom. The minimum absolute atomic E-state index is 0.227. The number of aromatic nitrogens is 4. The van der Waals surface area contributed by atoms with Crippen molar-refractivity contribution in [3.63, 3.8) is 0 Å². The molecule has 13 heteroatoms. The molecule has 10 nitrogen and oxygen atoms in total. The van der Waals surface area contributed by atoms with Crippen molar-refractivity contribution in [3.05, 3.63) is 84.0 Å². The molecule has 5 rings (SSSR count). The van der Waals surface area contributed by atoms with Crippen LogP contribution in [0.15, 0.2) is 70.4 Å². The fraction of sp³-hybridized carbons (Fsp3) is 0.367. The molecule has 0 atom stereocenters. The number of likely N-dealkylation sites (tertiary alicyclic amines) is 1. The van der Waals surface area contributed by atoms with Crippen molar-refractivity contribution in [2.24, 2.45) is 0 Å². The Balaban J connectivity index is 1.20. The van der Waals surface area contributed by atoms with E-state index >= 15 is 4.39 Å². The van der Waals surface area contributed by atoms with Gasteiger partial charge in [-0.25, -0.2) is 19.2 Å². The first kappa shape index (κ1) is 30.8. The number of halogens is 1. The topological polar surface area (TPSA) is 114 Å². The second kappa shape index (κ2) is 14.7. The summed E-state index contributed by atoms with van der Waals surface area (Å²) in [6, 6.07) is 9.57. The molecule has 0 bridgehead atoms. The number of rotatable bonds is 12. The van der Waals surface area contributed by atoms with Gasteiger partial charge in [0.25, 0.3) is 0 Å². The lowest BCUT2D eigenvalue weighted by Gasteiger charge is -2.42. The minimum Gasteiger partial charge on any atom is -0.447 e. The molecule has 1 saturated heterocycles. The van der Waals surface area contributed by atoms with E-state index in [1.807, 2.05) is 31.2 Å². The molecule has 0 spiro atoms. The lowest BCUT2D eigenvalue weighted by molar-refractivity contribution is 0.0595. The van der Waals surface area contributed by atoms with Crippen molar-refractivity contribution >= 4 is 40.1 Å². The summed E-state index contributed by atoms with van der Waals surface area (Å²) in [6.07, 6.45) is 9.79. The fourth-order valence-corrected chi connectivity index (χ4v) is 6.86. The number of carbonyl (C=O) groups is 1. The van der Waals surface area contributed by atoms with Crippen LogP contribution in [0.4, 0.5) is 20.1 Å². The molecule has 4 aromatic heterocycles. The average Bonchev–Trinajstić information content (AvgIpc) is 3.46. The summed E-state index contributed by atoms with van der Waals surface area (Å²) in [5, 5.41) is 7.34. The van der Waals surface area contributed by atoms with Gasteiger partial charge in [-0.2, -0.15) is 0 Å². The summed E-state index contributed by atoms with van der Waals surface area (Å²) in [6.45, 7) is 4.57. The summed E-state index contributed by atoms with van der Waals surface area (Å²) in [7, 11) is 1.57. The first-order chi connectivity index (χ1) is 21.0. The number of hydrogen-bond donors (Lipinski definition) is 2. The van der Waals surface area contributed by atoms with Gasteiger partial charge in [0, 0.05) is 63.5 Å². The number of nitrogens with zero attached hydrogens (tertiary/aromatic N) is 5. The Labute approximate surface area is 258 Å². The maximum absolute atomic E-state index is 15.6. The zero-order valence-electron chi connectivity index (χ0n) is 24.1. The number of methoxy groups -OCH3 is 1. The first-order valence-corrected chi connectivity index (χ1v) is 15.6. The Morgan fingerprint density at radius 2 is 1.88 bits per heavy atom. The SMILES string of the molecule is COCCOC(=O)N1CCC(CNCc2nccc(Sc3cnc(Nc4cc(C)ccn4)s3)c2F)(c2ccncc2)CC1. The number of anilines is 2. The van der Waals surface area contributed by atoms with Crippen molar-refractivity contribution in [3.8, 4) is 0 Å². The van der Waals surface area contributed by atoms with E-state index in [2.05, 4.69) is 30.6 Å². The Morgan fingerprint density at radius 1 is 1.09 bits per heavy atom. The number of amides is 1. The summed E-state index contributed by atoms with van der Waals surface area (Å²) >= 11 is 2.75. The molecule has 0 radical (unpaired) electrons. The van der Waals surface area contributed by atoms with E-state index < -0.39 is 0 Å². The maximum Gasteiger partial charge on any atom is 0.409 e. The third-order valence-corrected chi connectivity index (χ3v) is 9.36. The summed E-state index contributed by atoms with van der Waals surface area (Å²) in [5.74, 6) is 0.362. The highest BCUT2D eigenvalue weighted by atomic mass is 32.2. The molecule has 43 heavy (non-hydrogen) atoms. The third kappa shape index (κ3) is 8.05. The van der Waals surface area contributed by atoms with Gasteiger partial charge in [0.2, 0.25) is 0 Å². The van der Waals surface area contributed by atoms with Crippen LogP contribution in [0.5, 0.6) is 0 Å². The third-order valence-electron chi connectivity index (χ3n) is 7.31.